The number of carbonyl (C=O) groups is 2. The summed E-state index contributed by atoms with van der Waals surface area (Å²) in [4.78, 5) is 34.4. The van der Waals surface area contributed by atoms with E-state index in [1.54, 1.807) is 13.0 Å². The van der Waals surface area contributed by atoms with Crippen molar-refractivity contribution >= 4 is 38.3 Å². The topological polar surface area (TPSA) is 119 Å². The van der Waals surface area contributed by atoms with Gasteiger partial charge in [-0.25, -0.2) is 4.79 Å². The first-order chi connectivity index (χ1) is 16.7. The van der Waals surface area contributed by atoms with Crippen molar-refractivity contribution in [2.45, 2.75) is 94.9 Å². The molecule has 1 amide bonds. The fourth-order valence-corrected chi connectivity index (χ4v) is 22.4. The number of carboxylic acid groups (broad SMARTS) is 1. The summed E-state index contributed by atoms with van der Waals surface area (Å²) in [5, 5.41) is 23.2. The Morgan fingerprint density at radius 3 is 2.06 bits per heavy atom. The summed E-state index contributed by atoms with van der Waals surface area (Å²) in [6.45, 7) is 8.84. The van der Waals surface area contributed by atoms with Gasteiger partial charge in [0.05, 0.1) is 0 Å². The Balaban J connectivity index is 2.82. The van der Waals surface area contributed by atoms with Crippen LogP contribution in [0.1, 0.15) is 94.5 Å². The number of carbonyl (C=O) groups excluding carboxylic acids is 1. The number of amides is 1. The van der Waals surface area contributed by atoms with Crippen molar-refractivity contribution in [3.05, 3.63) is 39.4 Å². The van der Waals surface area contributed by atoms with Gasteiger partial charge in [0.2, 0.25) is 0 Å². The van der Waals surface area contributed by atoms with Crippen molar-refractivity contribution in [1.82, 2.24) is 5.32 Å². The van der Waals surface area contributed by atoms with Crippen LogP contribution in [0.15, 0.2) is 18.2 Å². The quantitative estimate of drug-likeness (QED) is 0.0720. The Morgan fingerprint density at radius 2 is 1.57 bits per heavy atom. The van der Waals surface area contributed by atoms with E-state index >= 15 is 0 Å². The second-order valence-corrected chi connectivity index (χ2v) is 25.1. The average Bonchev–Trinajstić information content (AvgIpc) is 2.85. The summed E-state index contributed by atoms with van der Waals surface area (Å²) in [6, 6.07) is 4.35. The molecule has 0 aromatic heterocycles. The van der Waals surface area contributed by atoms with Gasteiger partial charge in [0.25, 0.3) is 0 Å². The van der Waals surface area contributed by atoms with Crippen molar-refractivity contribution in [1.29, 1.82) is 0 Å². The average molecular weight is 690 g/mol. The molecule has 1 aromatic rings. The molecule has 1 rings (SSSR count). The molecule has 0 spiro atoms. The molecule has 0 fully saturated rings. The van der Waals surface area contributed by atoms with Crippen LogP contribution in [0.4, 0.5) is 10.5 Å². The molecule has 1 unspecified atom stereocenters. The number of hydrogen-bond acceptors (Lipinski definition) is 5. The minimum atomic E-state index is -2.21. The van der Waals surface area contributed by atoms with E-state index in [0.717, 1.165) is 6.42 Å². The van der Waals surface area contributed by atoms with Crippen LogP contribution in [0.25, 0.3) is 0 Å². The van der Waals surface area contributed by atoms with Gasteiger partial charge in [0, 0.05) is 0 Å². The van der Waals surface area contributed by atoms with E-state index in [1.165, 1.54) is 67.0 Å². The summed E-state index contributed by atoms with van der Waals surface area (Å²) in [5.41, 5.74) is 0.381. The predicted octanol–water partition coefficient (Wildman–Crippen LogP) is 7.36. The molecule has 200 valence electrons. The molecule has 0 aliphatic heterocycles. The van der Waals surface area contributed by atoms with Crippen molar-refractivity contribution < 1.29 is 24.4 Å². The number of ether oxygens (including phenoxy) is 1. The van der Waals surface area contributed by atoms with Gasteiger partial charge in [0.1, 0.15) is 0 Å². The molecular weight excluding hydrogens is 645 g/mol. The van der Waals surface area contributed by atoms with Gasteiger partial charge >= 0.3 is 206 Å². The predicted molar refractivity (Wildman–Crippen MR) is 142 cm³/mol. The van der Waals surface area contributed by atoms with Gasteiger partial charge in [0.15, 0.2) is 0 Å². The molecule has 0 bridgehead atoms. The zero-order chi connectivity index (χ0) is 26.3. The summed E-state index contributed by atoms with van der Waals surface area (Å²) in [6.07, 6.45) is 7.23. The van der Waals surface area contributed by atoms with Crippen LogP contribution in [0, 0.1) is 10.1 Å². The van der Waals surface area contributed by atoms with E-state index in [9.17, 15) is 19.7 Å². The summed E-state index contributed by atoms with van der Waals surface area (Å²) >= 11 is -2.21. The van der Waals surface area contributed by atoms with Gasteiger partial charge < -0.3 is 5.11 Å². The van der Waals surface area contributed by atoms with Crippen molar-refractivity contribution in [3.63, 3.8) is 0 Å². The van der Waals surface area contributed by atoms with Crippen molar-refractivity contribution in [2.24, 2.45) is 0 Å². The van der Waals surface area contributed by atoms with Crippen LogP contribution in [0.2, 0.25) is 16.3 Å². The molecule has 35 heavy (non-hydrogen) atoms. The van der Waals surface area contributed by atoms with Crippen molar-refractivity contribution in [3.8, 4) is 0 Å². The number of nitrogens with one attached hydrogen (secondary N) is 1. The number of rotatable bonds is 18. The van der Waals surface area contributed by atoms with Crippen molar-refractivity contribution in [2.75, 3.05) is 13.2 Å². The van der Waals surface area contributed by atoms with Crippen LogP contribution < -0.4 is 5.32 Å². The molecule has 0 radical (unpaired) electrons. The molecule has 9 heteroatoms. The summed E-state index contributed by atoms with van der Waals surface area (Å²) in [5.74, 6) is -0.816. The summed E-state index contributed by atoms with van der Waals surface area (Å²) in [7, 11) is 0. The Kier molecular flexibility index (Phi) is 15.1. The monoisotopic (exact) mass is 689 g/mol. The Bertz CT molecular complexity index is 795. The molecular formula is C26H44N2O6Po. The fraction of sp³-hybridized carbons (Fsp3) is 0.692. The number of nitro benzene ring substituents is 1. The third kappa shape index (κ3) is 11.2. The van der Waals surface area contributed by atoms with Crippen LogP contribution in [0.5, 0.6) is 0 Å². The molecule has 8 nitrogen and oxygen atoms in total. The number of nitrogens with zero attached hydrogens (tertiary/aromatic N) is 1. The SMILES string of the molecule is CCC[CH2][Po]([CH2]CCC)([CH2]CCC)[CH2]CCNC(=O)c1ccc(C(C)COC(=O)O)c([N+](=O)[O-])c1. The number of unbranched alkanes of at least 4 members (excludes halogenated alkanes) is 3. The second kappa shape index (κ2) is 16.8. The van der Waals surface area contributed by atoms with Gasteiger partial charge in [-0.15, -0.1) is 0 Å². The molecule has 0 aliphatic carbocycles. The third-order valence-corrected chi connectivity index (χ3v) is 24.3. The Hall–Kier alpha value is -1.74. The van der Waals surface area contributed by atoms with E-state index in [0.29, 0.717) is 12.1 Å². The number of nitro groups is 1. The van der Waals surface area contributed by atoms with Gasteiger partial charge in [-0.2, -0.15) is 0 Å². The first-order valence-electron chi connectivity index (χ1n) is 12.9. The normalized spacial score (nSPS) is 12.7. The zero-order valence-corrected chi connectivity index (χ0v) is 25.0. The van der Waals surface area contributed by atoms with E-state index in [4.69, 9.17) is 5.11 Å². The zero-order valence-electron chi connectivity index (χ0n) is 21.8. The fourth-order valence-electron chi connectivity index (χ4n) is 4.19. The minimum absolute atomic E-state index is 0.191. The molecule has 0 saturated carbocycles. The van der Waals surface area contributed by atoms with Crippen LogP contribution in [-0.2, 0) is 4.74 Å². The Labute approximate surface area is 214 Å². The van der Waals surface area contributed by atoms with Gasteiger partial charge in [-0.1, -0.05) is 0 Å². The number of hydrogen-bond donors (Lipinski definition) is 2. The van der Waals surface area contributed by atoms with Crippen LogP contribution in [-0.4, -0.2) is 55.8 Å². The van der Waals surface area contributed by atoms with Gasteiger partial charge in [-0.05, 0) is 0 Å². The first kappa shape index (κ1) is 31.3. The molecule has 1 aromatic carbocycles. The van der Waals surface area contributed by atoms with E-state index in [1.807, 2.05) is 0 Å². The number of benzene rings is 1. The molecule has 0 saturated heterocycles. The second-order valence-electron chi connectivity index (χ2n) is 9.22. The van der Waals surface area contributed by atoms with E-state index < -0.39 is 37.6 Å². The summed E-state index contributed by atoms with van der Waals surface area (Å²) < 4.78 is 10.2. The standard InChI is InChI=1S/C14H17N2O6.3C4H9.Po/c1-3-6-15-13(17)10-4-5-11(12(7-10)16(20)21)9(2)8-22-14(18)19;3*1-3-4-2;/h4-5,7,9H,1,3,6,8H2,2H3,(H,15,17)(H,18,19);3*1,3-4H2,2H3;. The van der Waals surface area contributed by atoms with E-state index in [-0.39, 0.29) is 23.8 Å². The maximum absolute atomic E-state index is 12.7. The van der Waals surface area contributed by atoms with E-state index in [2.05, 4.69) is 30.8 Å². The maximum atomic E-state index is 12.7. The molecule has 2 N–H and O–H groups in total. The first-order valence-corrected chi connectivity index (χ1v) is 21.8. The van der Waals surface area contributed by atoms with Gasteiger partial charge in [-0.3, -0.25) is 0 Å². The Morgan fingerprint density at radius 1 is 1.03 bits per heavy atom. The molecule has 1 atom stereocenters. The third-order valence-electron chi connectivity index (χ3n) is 6.31. The molecule has 0 heterocycles. The van der Waals surface area contributed by atoms with Crippen LogP contribution >= 0.6 is 0 Å². The van der Waals surface area contributed by atoms with Crippen LogP contribution in [0.3, 0.4) is 0 Å². The molecule has 0 aliphatic rings.